The van der Waals surface area contributed by atoms with Gasteiger partial charge in [-0.1, -0.05) is 13.8 Å². The van der Waals surface area contributed by atoms with Gasteiger partial charge >= 0.3 is 0 Å². The number of hydrogen-bond acceptors (Lipinski definition) is 3. The van der Waals surface area contributed by atoms with Gasteiger partial charge in [0.2, 0.25) is 0 Å². The van der Waals surface area contributed by atoms with E-state index in [2.05, 4.69) is 26.2 Å². The fourth-order valence-corrected chi connectivity index (χ4v) is 1.93. The molecule has 0 atom stereocenters. The molecule has 0 saturated heterocycles. The van der Waals surface area contributed by atoms with Crippen molar-refractivity contribution in [3.05, 3.63) is 22.3 Å². The predicted octanol–water partition coefficient (Wildman–Crippen LogP) is 3.04. The van der Waals surface area contributed by atoms with Gasteiger partial charge in [0.25, 0.3) is 6.43 Å². The second-order valence-electron chi connectivity index (χ2n) is 4.44. The Bertz CT molecular complexity index is 386. The number of nitrogens with one attached hydrogen (secondary N) is 1. The normalized spacial score (nSPS) is 11.3. The maximum Gasteiger partial charge on any atom is 0.255 e. The van der Waals surface area contributed by atoms with Gasteiger partial charge in [-0.15, -0.1) is 0 Å². The summed E-state index contributed by atoms with van der Waals surface area (Å²) in [5, 5.41) is 3.26. The first kappa shape index (κ1) is 15.3. The van der Waals surface area contributed by atoms with Crippen LogP contribution in [0.1, 0.15) is 19.4 Å². The van der Waals surface area contributed by atoms with E-state index in [-0.39, 0.29) is 6.54 Å². The lowest BCUT2D eigenvalue weighted by molar-refractivity contribution is 0.156. The lowest BCUT2D eigenvalue weighted by Gasteiger charge is -2.21. The first-order valence-electron chi connectivity index (χ1n) is 5.77. The highest BCUT2D eigenvalue weighted by atomic mass is 79.9. The molecule has 3 nitrogen and oxygen atoms in total. The molecule has 102 valence electrons. The molecule has 0 aliphatic carbocycles. The van der Waals surface area contributed by atoms with E-state index in [1.807, 2.05) is 19.9 Å². The number of nitrogens with zero attached hydrogens (tertiary/aromatic N) is 2. The van der Waals surface area contributed by atoms with E-state index in [4.69, 9.17) is 0 Å². The molecular weight excluding hydrogens is 304 g/mol. The molecule has 1 N–H and O–H groups in total. The van der Waals surface area contributed by atoms with Gasteiger partial charge in [0.1, 0.15) is 5.82 Å². The Morgan fingerprint density at radius 3 is 2.67 bits per heavy atom. The van der Waals surface area contributed by atoms with Gasteiger partial charge in [0, 0.05) is 35.9 Å². The van der Waals surface area contributed by atoms with Crippen molar-refractivity contribution in [1.29, 1.82) is 0 Å². The summed E-state index contributed by atoms with van der Waals surface area (Å²) in [4.78, 5) is 5.70. The van der Waals surface area contributed by atoms with Crippen LogP contribution in [0.3, 0.4) is 0 Å². The van der Waals surface area contributed by atoms with Gasteiger partial charge in [0.15, 0.2) is 0 Å². The van der Waals surface area contributed by atoms with Crippen LogP contribution in [0.2, 0.25) is 0 Å². The molecule has 1 aromatic rings. The van der Waals surface area contributed by atoms with Crippen molar-refractivity contribution in [1.82, 2.24) is 10.3 Å². The van der Waals surface area contributed by atoms with Crippen molar-refractivity contribution in [3.63, 3.8) is 0 Å². The number of aromatic nitrogens is 1. The second-order valence-corrected chi connectivity index (χ2v) is 5.36. The largest absolute Gasteiger partial charge is 0.354 e. The Morgan fingerprint density at radius 1 is 1.44 bits per heavy atom. The lowest BCUT2D eigenvalue weighted by Crippen LogP contribution is -2.28. The number of anilines is 1. The molecule has 0 amide bonds. The maximum absolute atomic E-state index is 12.4. The molecule has 0 radical (unpaired) electrons. The van der Waals surface area contributed by atoms with Crippen LogP contribution < -0.4 is 10.2 Å². The van der Waals surface area contributed by atoms with Crippen molar-refractivity contribution in [3.8, 4) is 0 Å². The fraction of sp³-hybridized carbons (Fsp3) is 0.583. The summed E-state index contributed by atoms with van der Waals surface area (Å²) in [6.07, 6.45) is -0.748. The summed E-state index contributed by atoms with van der Waals surface area (Å²) in [6, 6.07) is 2.23. The molecule has 1 aromatic heterocycles. The van der Waals surface area contributed by atoms with Crippen molar-refractivity contribution >= 4 is 21.7 Å². The van der Waals surface area contributed by atoms with Crippen LogP contribution in [0, 0.1) is 0 Å². The van der Waals surface area contributed by atoms with E-state index in [1.165, 1.54) is 4.90 Å². The predicted molar refractivity (Wildman–Crippen MR) is 73.2 cm³/mol. The minimum Gasteiger partial charge on any atom is -0.354 e. The van der Waals surface area contributed by atoms with Gasteiger partial charge < -0.3 is 10.2 Å². The minimum atomic E-state index is -2.37. The van der Waals surface area contributed by atoms with Crippen LogP contribution in [0.15, 0.2) is 16.7 Å². The maximum atomic E-state index is 12.4. The van der Waals surface area contributed by atoms with Crippen LogP contribution in [0.25, 0.3) is 0 Å². The summed E-state index contributed by atoms with van der Waals surface area (Å²) >= 11 is 3.35. The van der Waals surface area contributed by atoms with Crippen LogP contribution >= 0.6 is 15.9 Å². The van der Waals surface area contributed by atoms with Gasteiger partial charge in [-0.2, -0.15) is 0 Å². The molecular formula is C12H18BrF2N3. The van der Waals surface area contributed by atoms with Gasteiger partial charge in [-0.25, -0.2) is 13.8 Å². The first-order valence-corrected chi connectivity index (χ1v) is 6.56. The molecule has 0 fully saturated rings. The Hall–Kier alpha value is -0.750. The molecule has 6 heteroatoms. The van der Waals surface area contributed by atoms with Crippen LogP contribution in [-0.2, 0) is 6.54 Å². The van der Waals surface area contributed by atoms with Crippen LogP contribution in [-0.4, -0.2) is 31.0 Å². The third-order valence-electron chi connectivity index (χ3n) is 2.38. The molecule has 0 aromatic carbocycles. The van der Waals surface area contributed by atoms with E-state index in [1.54, 1.807) is 13.2 Å². The topological polar surface area (TPSA) is 28.2 Å². The zero-order valence-corrected chi connectivity index (χ0v) is 12.3. The van der Waals surface area contributed by atoms with E-state index in [0.29, 0.717) is 18.4 Å². The Labute approximate surface area is 115 Å². The number of pyridine rings is 1. The van der Waals surface area contributed by atoms with Gasteiger partial charge in [-0.3, -0.25) is 0 Å². The minimum absolute atomic E-state index is 0.316. The quantitative estimate of drug-likeness (QED) is 0.872. The van der Waals surface area contributed by atoms with Crippen molar-refractivity contribution in [2.45, 2.75) is 32.9 Å². The van der Waals surface area contributed by atoms with Crippen LogP contribution in [0.5, 0.6) is 0 Å². The monoisotopic (exact) mass is 321 g/mol. The molecule has 0 unspecified atom stereocenters. The molecule has 0 aliphatic rings. The number of hydrogen-bond donors (Lipinski definition) is 1. The van der Waals surface area contributed by atoms with E-state index >= 15 is 0 Å². The molecule has 0 spiro atoms. The van der Waals surface area contributed by atoms with E-state index in [9.17, 15) is 8.78 Å². The Balaban J connectivity index is 2.88. The van der Waals surface area contributed by atoms with Crippen LogP contribution in [0.4, 0.5) is 14.6 Å². The smallest absolute Gasteiger partial charge is 0.255 e. The first-order chi connectivity index (χ1) is 8.40. The average Bonchev–Trinajstić information content (AvgIpc) is 2.25. The highest BCUT2D eigenvalue weighted by molar-refractivity contribution is 9.10. The Kier molecular flexibility index (Phi) is 5.95. The molecule has 0 bridgehead atoms. The number of rotatable bonds is 6. The lowest BCUT2D eigenvalue weighted by atomic mass is 10.2. The second kappa shape index (κ2) is 6.99. The SMILES string of the molecule is CC(C)NCc1cc(Br)cnc1N(C)CC(F)F. The van der Waals surface area contributed by atoms with Crippen molar-refractivity contribution < 1.29 is 8.78 Å². The Morgan fingerprint density at radius 2 is 2.11 bits per heavy atom. The van der Waals surface area contributed by atoms with Crippen molar-refractivity contribution in [2.24, 2.45) is 0 Å². The highest BCUT2D eigenvalue weighted by Gasteiger charge is 2.14. The molecule has 0 saturated carbocycles. The summed E-state index contributed by atoms with van der Waals surface area (Å²) in [7, 11) is 1.63. The summed E-state index contributed by atoms with van der Waals surface area (Å²) in [5.74, 6) is 0.589. The number of halogens is 3. The van der Waals surface area contributed by atoms with E-state index in [0.717, 1.165) is 10.0 Å². The molecule has 1 heterocycles. The zero-order valence-electron chi connectivity index (χ0n) is 10.8. The van der Waals surface area contributed by atoms with Crippen molar-refractivity contribution in [2.75, 3.05) is 18.5 Å². The molecule has 18 heavy (non-hydrogen) atoms. The summed E-state index contributed by atoms with van der Waals surface area (Å²) in [5.41, 5.74) is 0.904. The number of alkyl halides is 2. The molecule has 0 aliphatic heterocycles. The summed E-state index contributed by atoms with van der Waals surface area (Å²) in [6.45, 7) is 4.36. The third-order valence-corrected chi connectivity index (χ3v) is 2.82. The van der Waals surface area contributed by atoms with Gasteiger partial charge in [-0.05, 0) is 22.0 Å². The van der Waals surface area contributed by atoms with E-state index < -0.39 is 6.43 Å². The third kappa shape index (κ3) is 4.86. The fourth-order valence-electron chi connectivity index (χ4n) is 1.56. The zero-order chi connectivity index (χ0) is 13.7. The molecule has 1 rings (SSSR count). The average molecular weight is 322 g/mol. The highest BCUT2D eigenvalue weighted by Crippen LogP contribution is 2.21. The van der Waals surface area contributed by atoms with Gasteiger partial charge in [0.05, 0.1) is 6.54 Å². The summed E-state index contributed by atoms with van der Waals surface area (Å²) < 4.78 is 25.6. The standard InChI is InChI=1S/C12H18BrF2N3/c1-8(2)16-5-9-4-10(13)6-17-12(9)18(3)7-11(14)15/h4,6,8,11,16H,5,7H2,1-3H3.